The van der Waals surface area contributed by atoms with E-state index in [4.69, 9.17) is 5.11 Å². The van der Waals surface area contributed by atoms with E-state index in [9.17, 15) is 4.79 Å². The molecule has 0 radical (unpaired) electrons. The maximum absolute atomic E-state index is 12.0. The van der Waals surface area contributed by atoms with E-state index in [1.165, 1.54) is 0 Å². The molecule has 1 heterocycles. The van der Waals surface area contributed by atoms with Crippen LogP contribution in [0.3, 0.4) is 0 Å². The zero-order chi connectivity index (χ0) is 14.3. The summed E-state index contributed by atoms with van der Waals surface area (Å²) in [6.07, 6.45) is 1.57. The lowest BCUT2D eigenvalue weighted by molar-refractivity contribution is 0.174. The van der Waals surface area contributed by atoms with Gasteiger partial charge in [0.05, 0.1) is 12.3 Å². The molecule has 0 aliphatic carbocycles. The van der Waals surface area contributed by atoms with Crippen LogP contribution in [-0.2, 0) is 6.42 Å². The van der Waals surface area contributed by atoms with Crippen molar-refractivity contribution in [3.63, 3.8) is 0 Å². The van der Waals surface area contributed by atoms with Crippen molar-refractivity contribution in [1.29, 1.82) is 0 Å². The van der Waals surface area contributed by atoms with Crippen molar-refractivity contribution in [2.24, 2.45) is 0 Å². The van der Waals surface area contributed by atoms with Crippen molar-refractivity contribution in [2.45, 2.75) is 39.7 Å². The van der Waals surface area contributed by atoms with Gasteiger partial charge in [-0.1, -0.05) is 6.92 Å². The molecule has 0 aromatic carbocycles. The van der Waals surface area contributed by atoms with Crippen LogP contribution in [-0.4, -0.2) is 52.0 Å². The van der Waals surface area contributed by atoms with E-state index < -0.39 is 0 Å². The van der Waals surface area contributed by atoms with Crippen molar-refractivity contribution in [1.82, 2.24) is 20.4 Å². The maximum atomic E-state index is 12.0. The number of hydrogen-bond acceptors (Lipinski definition) is 3. The maximum Gasteiger partial charge on any atom is 0.317 e. The number of H-pyrrole nitrogens is 1. The molecule has 1 rings (SSSR count). The number of aryl methyl sites for hydroxylation is 1. The van der Waals surface area contributed by atoms with E-state index >= 15 is 0 Å². The summed E-state index contributed by atoms with van der Waals surface area (Å²) in [5.41, 5.74) is 1.95. The lowest BCUT2D eigenvalue weighted by atomic mass is 10.2. The number of nitrogens with one attached hydrogen (secondary N) is 2. The molecule has 1 atom stereocenters. The average molecular weight is 268 g/mol. The quantitative estimate of drug-likeness (QED) is 0.691. The third-order valence-electron chi connectivity index (χ3n) is 2.79. The molecule has 6 nitrogen and oxygen atoms in total. The molecular formula is C13H24N4O2. The molecule has 2 amide bonds. The number of hydrogen-bond donors (Lipinski definition) is 3. The molecule has 1 unspecified atom stereocenters. The fourth-order valence-electron chi connectivity index (χ4n) is 1.95. The smallest absolute Gasteiger partial charge is 0.317 e. The summed E-state index contributed by atoms with van der Waals surface area (Å²) in [5, 5.41) is 18.9. The molecule has 1 aromatic rings. The van der Waals surface area contributed by atoms with Crippen molar-refractivity contribution >= 4 is 6.03 Å². The lowest BCUT2D eigenvalue weighted by Crippen LogP contribution is -2.46. The van der Waals surface area contributed by atoms with Crippen LogP contribution in [0.25, 0.3) is 0 Å². The zero-order valence-corrected chi connectivity index (χ0v) is 11.9. The van der Waals surface area contributed by atoms with Crippen molar-refractivity contribution < 1.29 is 9.90 Å². The second-order valence-electron chi connectivity index (χ2n) is 4.81. The van der Waals surface area contributed by atoms with Crippen molar-refractivity contribution in [2.75, 3.05) is 19.7 Å². The van der Waals surface area contributed by atoms with Gasteiger partial charge in [0.2, 0.25) is 0 Å². The number of aromatic amines is 1. The summed E-state index contributed by atoms with van der Waals surface area (Å²) in [6.45, 7) is 6.91. The highest BCUT2D eigenvalue weighted by Gasteiger charge is 2.15. The molecule has 0 aliphatic heterocycles. The Hall–Kier alpha value is -1.56. The number of nitrogens with zero attached hydrogens (tertiary/aromatic N) is 2. The molecule has 3 N–H and O–H groups in total. The van der Waals surface area contributed by atoms with Crippen molar-refractivity contribution in [3.8, 4) is 0 Å². The van der Waals surface area contributed by atoms with Gasteiger partial charge in [-0.15, -0.1) is 0 Å². The first-order valence-corrected chi connectivity index (χ1v) is 6.74. The Morgan fingerprint density at radius 1 is 1.58 bits per heavy atom. The molecule has 0 saturated carbocycles. The molecule has 1 aromatic heterocycles. The summed E-state index contributed by atoms with van der Waals surface area (Å²) >= 11 is 0. The van der Waals surface area contributed by atoms with Gasteiger partial charge in [0.15, 0.2) is 0 Å². The fourth-order valence-corrected chi connectivity index (χ4v) is 1.95. The molecule has 0 aliphatic rings. The summed E-state index contributed by atoms with van der Waals surface area (Å²) in [5.74, 6) is 0. The first-order valence-electron chi connectivity index (χ1n) is 6.74. The first kappa shape index (κ1) is 15.5. The zero-order valence-electron chi connectivity index (χ0n) is 11.9. The van der Waals surface area contributed by atoms with E-state index in [0.29, 0.717) is 19.5 Å². The summed E-state index contributed by atoms with van der Waals surface area (Å²) in [4.78, 5) is 13.6. The number of amides is 2. The number of aromatic nitrogens is 2. The minimum absolute atomic E-state index is 0.00764. The fraction of sp³-hybridized carbons (Fsp3) is 0.692. The number of aliphatic hydroxyl groups is 1. The van der Waals surface area contributed by atoms with E-state index in [2.05, 4.69) is 15.5 Å². The Morgan fingerprint density at radius 3 is 2.84 bits per heavy atom. The number of carbonyl (C=O) groups excluding carboxylic acids is 1. The average Bonchev–Trinajstić information content (AvgIpc) is 2.74. The van der Waals surface area contributed by atoms with Crippen LogP contribution in [0.15, 0.2) is 6.07 Å². The highest BCUT2D eigenvalue weighted by Crippen LogP contribution is 2.02. The Kier molecular flexibility index (Phi) is 6.35. The standard InChI is InChI=1S/C13H24N4O2/c1-4-5-17(6-7-18)13(19)14-10(2)8-12-9-11(3)15-16-12/h9-10,18H,4-8H2,1-3H3,(H,14,19)(H,15,16). The normalized spacial score (nSPS) is 12.2. The van der Waals surface area contributed by atoms with Gasteiger partial charge in [-0.25, -0.2) is 4.79 Å². The van der Waals surface area contributed by atoms with Crippen LogP contribution in [0.4, 0.5) is 4.79 Å². The van der Waals surface area contributed by atoms with Gasteiger partial charge in [-0.05, 0) is 26.3 Å². The van der Waals surface area contributed by atoms with Crippen LogP contribution in [0.2, 0.25) is 0 Å². The van der Waals surface area contributed by atoms with Gasteiger partial charge in [0.1, 0.15) is 0 Å². The van der Waals surface area contributed by atoms with Crippen LogP contribution in [0.5, 0.6) is 0 Å². The minimum Gasteiger partial charge on any atom is -0.395 e. The molecular weight excluding hydrogens is 244 g/mol. The van der Waals surface area contributed by atoms with E-state index in [0.717, 1.165) is 17.8 Å². The molecule has 6 heteroatoms. The number of rotatable bonds is 7. The molecule has 0 bridgehead atoms. The Labute approximate surface area is 114 Å². The second kappa shape index (κ2) is 7.78. The summed E-state index contributed by atoms with van der Waals surface area (Å²) in [6, 6.07) is 1.85. The van der Waals surface area contributed by atoms with Gasteiger partial charge in [0.25, 0.3) is 0 Å². The number of urea groups is 1. The van der Waals surface area contributed by atoms with E-state index in [-0.39, 0.29) is 18.7 Å². The number of carbonyl (C=O) groups is 1. The minimum atomic E-state index is -0.129. The SMILES string of the molecule is CCCN(CCO)C(=O)NC(C)Cc1cc(C)[nH]n1. The van der Waals surface area contributed by atoms with E-state index in [1.807, 2.05) is 26.8 Å². The van der Waals surface area contributed by atoms with Crippen LogP contribution in [0, 0.1) is 6.92 Å². The van der Waals surface area contributed by atoms with Gasteiger partial charge >= 0.3 is 6.03 Å². The Bertz CT molecular complexity index is 386. The predicted octanol–water partition coefficient (Wildman–Crippen LogP) is 1.06. The third kappa shape index (κ3) is 5.30. The summed E-state index contributed by atoms with van der Waals surface area (Å²) in [7, 11) is 0. The Balaban J connectivity index is 2.45. The molecule has 0 fully saturated rings. The molecule has 19 heavy (non-hydrogen) atoms. The monoisotopic (exact) mass is 268 g/mol. The largest absolute Gasteiger partial charge is 0.395 e. The second-order valence-corrected chi connectivity index (χ2v) is 4.81. The molecule has 0 spiro atoms. The van der Waals surface area contributed by atoms with E-state index in [1.54, 1.807) is 4.90 Å². The van der Waals surface area contributed by atoms with Gasteiger partial charge in [-0.2, -0.15) is 5.10 Å². The van der Waals surface area contributed by atoms with Crippen LogP contribution >= 0.6 is 0 Å². The summed E-state index contributed by atoms with van der Waals surface area (Å²) < 4.78 is 0. The van der Waals surface area contributed by atoms with Crippen LogP contribution in [0.1, 0.15) is 31.7 Å². The third-order valence-corrected chi connectivity index (χ3v) is 2.79. The highest BCUT2D eigenvalue weighted by molar-refractivity contribution is 5.74. The number of aliphatic hydroxyl groups excluding tert-OH is 1. The van der Waals surface area contributed by atoms with Gasteiger partial charge in [-0.3, -0.25) is 5.10 Å². The lowest BCUT2D eigenvalue weighted by Gasteiger charge is -2.23. The van der Waals surface area contributed by atoms with Gasteiger partial charge < -0.3 is 15.3 Å². The highest BCUT2D eigenvalue weighted by atomic mass is 16.3. The Morgan fingerprint density at radius 2 is 2.32 bits per heavy atom. The topological polar surface area (TPSA) is 81.2 Å². The molecule has 108 valence electrons. The van der Waals surface area contributed by atoms with Gasteiger partial charge in [0, 0.05) is 31.2 Å². The van der Waals surface area contributed by atoms with Crippen LogP contribution < -0.4 is 5.32 Å². The first-order chi connectivity index (χ1) is 9.06. The van der Waals surface area contributed by atoms with Crippen molar-refractivity contribution in [3.05, 3.63) is 17.5 Å². The predicted molar refractivity (Wildman–Crippen MR) is 74.0 cm³/mol. The molecule has 0 saturated heterocycles.